The Bertz CT molecular complexity index is 627. The first-order chi connectivity index (χ1) is 8.61. The minimum absolute atomic E-state index is 0.185. The molecule has 7 heteroatoms. The maximum absolute atomic E-state index is 11.5. The summed E-state index contributed by atoms with van der Waals surface area (Å²) < 4.78 is 10.3. The van der Waals surface area contributed by atoms with E-state index in [0.717, 1.165) is 6.33 Å². The molecule has 18 heavy (non-hydrogen) atoms. The highest BCUT2D eigenvalue weighted by molar-refractivity contribution is 6.32. The fourth-order valence-electron chi connectivity index (χ4n) is 1.27. The normalized spacial score (nSPS) is 10.1. The second kappa shape index (κ2) is 4.97. The fraction of sp³-hybridized carbons (Fsp3) is 0.0909. The first kappa shape index (κ1) is 12.3. The highest BCUT2D eigenvalue weighted by Crippen LogP contribution is 2.33. The van der Waals surface area contributed by atoms with Crippen LogP contribution in [-0.4, -0.2) is 22.2 Å². The standard InChI is InChI=1S/C11H9ClN2O4/c1-17-6-2-3-7(12)8(4-6)18-9-10(15)13-5-14-11(9)16/h2-5H,1H3,(H2,13,14,15,16). The third-order valence-electron chi connectivity index (χ3n) is 2.14. The van der Waals surface area contributed by atoms with E-state index < -0.39 is 11.4 Å². The van der Waals surface area contributed by atoms with Crippen LogP contribution in [0.3, 0.4) is 0 Å². The molecule has 0 unspecified atom stereocenters. The van der Waals surface area contributed by atoms with Gasteiger partial charge in [0.05, 0.1) is 18.5 Å². The SMILES string of the molecule is COc1ccc(Cl)c(Oc2c(O)nc[nH]c2=O)c1. The lowest BCUT2D eigenvalue weighted by Gasteiger charge is -2.08. The van der Waals surface area contributed by atoms with E-state index in [0.29, 0.717) is 5.75 Å². The molecule has 0 fully saturated rings. The van der Waals surface area contributed by atoms with Crippen LogP contribution < -0.4 is 15.0 Å². The third-order valence-corrected chi connectivity index (χ3v) is 2.45. The Kier molecular flexibility index (Phi) is 3.38. The van der Waals surface area contributed by atoms with Crippen LogP contribution in [0.1, 0.15) is 0 Å². The van der Waals surface area contributed by atoms with E-state index in [9.17, 15) is 9.90 Å². The molecule has 0 atom stereocenters. The Hall–Kier alpha value is -2.21. The van der Waals surface area contributed by atoms with Crippen LogP contribution in [0, 0.1) is 0 Å². The van der Waals surface area contributed by atoms with Crippen LogP contribution in [0.5, 0.6) is 23.1 Å². The second-order valence-electron chi connectivity index (χ2n) is 3.28. The van der Waals surface area contributed by atoms with Crippen molar-refractivity contribution in [2.75, 3.05) is 7.11 Å². The molecule has 0 saturated heterocycles. The topological polar surface area (TPSA) is 84.4 Å². The minimum atomic E-state index is -0.610. The zero-order chi connectivity index (χ0) is 13.1. The summed E-state index contributed by atoms with van der Waals surface area (Å²) in [6.45, 7) is 0. The molecule has 1 heterocycles. The van der Waals surface area contributed by atoms with Crippen molar-refractivity contribution in [3.8, 4) is 23.1 Å². The monoisotopic (exact) mass is 268 g/mol. The first-order valence-electron chi connectivity index (χ1n) is 4.90. The maximum Gasteiger partial charge on any atom is 0.297 e. The number of nitrogens with zero attached hydrogens (tertiary/aromatic N) is 1. The molecule has 0 aliphatic rings. The van der Waals surface area contributed by atoms with Crippen molar-refractivity contribution in [1.29, 1.82) is 0 Å². The van der Waals surface area contributed by atoms with Gasteiger partial charge in [-0.25, -0.2) is 4.98 Å². The van der Waals surface area contributed by atoms with Crippen molar-refractivity contribution in [1.82, 2.24) is 9.97 Å². The number of aromatic amines is 1. The Balaban J connectivity index is 2.43. The number of methoxy groups -OCH3 is 1. The Morgan fingerprint density at radius 2 is 2.22 bits per heavy atom. The number of rotatable bonds is 3. The number of ether oxygens (including phenoxy) is 2. The van der Waals surface area contributed by atoms with Crippen LogP contribution >= 0.6 is 11.6 Å². The van der Waals surface area contributed by atoms with Crippen LogP contribution in [0.2, 0.25) is 5.02 Å². The smallest absolute Gasteiger partial charge is 0.297 e. The lowest BCUT2D eigenvalue weighted by molar-refractivity contribution is 0.384. The number of H-pyrrole nitrogens is 1. The summed E-state index contributed by atoms with van der Waals surface area (Å²) in [6, 6.07) is 4.69. The Morgan fingerprint density at radius 1 is 1.44 bits per heavy atom. The van der Waals surface area contributed by atoms with Crippen LogP contribution in [0.4, 0.5) is 0 Å². The second-order valence-corrected chi connectivity index (χ2v) is 3.69. The van der Waals surface area contributed by atoms with E-state index >= 15 is 0 Å². The summed E-state index contributed by atoms with van der Waals surface area (Å²) in [5.41, 5.74) is -0.610. The van der Waals surface area contributed by atoms with E-state index in [1.54, 1.807) is 12.1 Å². The van der Waals surface area contributed by atoms with Gasteiger partial charge in [0.25, 0.3) is 17.2 Å². The molecule has 0 spiro atoms. The zero-order valence-electron chi connectivity index (χ0n) is 9.31. The van der Waals surface area contributed by atoms with Gasteiger partial charge >= 0.3 is 0 Å². The number of aromatic hydroxyl groups is 1. The number of hydrogen-bond donors (Lipinski definition) is 2. The molecule has 0 radical (unpaired) electrons. The van der Waals surface area contributed by atoms with Gasteiger partial charge in [-0.05, 0) is 12.1 Å². The van der Waals surface area contributed by atoms with Gasteiger partial charge in [-0.2, -0.15) is 0 Å². The molecule has 0 amide bonds. The highest BCUT2D eigenvalue weighted by atomic mass is 35.5. The molecule has 94 valence electrons. The summed E-state index contributed by atoms with van der Waals surface area (Å²) in [7, 11) is 1.49. The fourth-order valence-corrected chi connectivity index (χ4v) is 1.42. The first-order valence-corrected chi connectivity index (χ1v) is 5.27. The summed E-state index contributed by atoms with van der Waals surface area (Å²) in [5.74, 6) is -0.149. The van der Waals surface area contributed by atoms with Gasteiger partial charge in [0, 0.05) is 6.07 Å². The Morgan fingerprint density at radius 3 is 2.89 bits per heavy atom. The molecule has 2 aromatic rings. The van der Waals surface area contributed by atoms with Gasteiger partial charge in [0.1, 0.15) is 11.5 Å². The number of halogens is 1. The van der Waals surface area contributed by atoms with Crippen LogP contribution in [-0.2, 0) is 0 Å². The Labute approximate surface area is 107 Å². The van der Waals surface area contributed by atoms with E-state index in [4.69, 9.17) is 21.1 Å². The third kappa shape index (κ3) is 2.38. The van der Waals surface area contributed by atoms with E-state index in [1.165, 1.54) is 13.2 Å². The van der Waals surface area contributed by atoms with Crippen LogP contribution in [0.15, 0.2) is 29.3 Å². The lowest BCUT2D eigenvalue weighted by atomic mass is 10.3. The summed E-state index contributed by atoms with van der Waals surface area (Å²) >= 11 is 5.91. The number of aromatic nitrogens is 2. The minimum Gasteiger partial charge on any atom is -0.497 e. The van der Waals surface area contributed by atoms with E-state index in [2.05, 4.69) is 9.97 Å². The molecule has 2 N–H and O–H groups in total. The van der Waals surface area contributed by atoms with Crippen molar-refractivity contribution < 1.29 is 14.6 Å². The summed E-state index contributed by atoms with van der Waals surface area (Å²) in [6.07, 6.45) is 1.07. The summed E-state index contributed by atoms with van der Waals surface area (Å²) in [5, 5.41) is 9.72. The molecule has 0 saturated carbocycles. The predicted molar refractivity (Wildman–Crippen MR) is 64.6 cm³/mol. The van der Waals surface area contributed by atoms with Gasteiger partial charge in [-0.15, -0.1) is 0 Å². The number of nitrogens with one attached hydrogen (secondary N) is 1. The van der Waals surface area contributed by atoms with Crippen molar-refractivity contribution in [3.05, 3.63) is 39.9 Å². The zero-order valence-corrected chi connectivity index (χ0v) is 10.1. The highest BCUT2D eigenvalue weighted by Gasteiger charge is 2.13. The molecule has 0 aliphatic carbocycles. The van der Waals surface area contributed by atoms with Crippen molar-refractivity contribution in [2.24, 2.45) is 0 Å². The van der Waals surface area contributed by atoms with Crippen molar-refractivity contribution >= 4 is 11.6 Å². The molecule has 1 aromatic carbocycles. The van der Waals surface area contributed by atoms with Gasteiger partial charge in [-0.1, -0.05) is 11.6 Å². The maximum atomic E-state index is 11.5. The molecule has 2 rings (SSSR count). The quantitative estimate of drug-likeness (QED) is 0.888. The van der Waals surface area contributed by atoms with Crippen molar-refractivity contribution in [2.45, 2.75) is 0 Å². The molecule has 0 bridgehead atoms. The molecule has 6 nitrogen and oxygen atoms in total. The predicted octanol–water partition coefficient (Wildman–Crippen LogP) is 1.93. The van der Waals surface area contributed by atoms with Gasteiger partial charge in [0.2, 0.25) is 0 Å². The number of benzene rings is 1. The average Bonchev–Trinajstić information content (AvgIpc) is 2.36. The number of hydrogen-bond acceptors (Lipinski definition) is 5. The van der Waals surface area contributed by atoms with E-state index in [1.807, 2.05) is 0 Å². The average molecular weight is 269 g/mol. The van der Waals surface area contributed by atoms with Gasteiger partial charge in [-0.3, -0.25) is 4.79 Å². The van der Waals surface area contributed by atoms with Gasteiger partial charge in [0.15, 0.2) is 0 Å². The largest absolute Gasteiger partial charge is 0.497 e. The molecular formula is C11H9ClN2O4. The molecular weight excluding hydrogens is 260 g/mol. The lowest BCUT2D eigenvalue weighted by Crippen LogP contribution is -2.09. The molecule has 1 aromatic heterocycles. The summed E-state index contributed by atoms with van der Waals surface area (Å²) in [4.78, 5) is 17.2. The van der Waals surface area contributed by atoms with E-state index in [-0.39, 0.29) is 16.5 Å². The van der Waals surface area contributed by atoms with Gasteiger partial charge < -0.3 is 19.6 Å². The van der Waals surface area contributed by atoms with Crippen molar-refractivity contribution in [3.63, 3.8) is 0 Å². The molecule has 0 aliphatic heterocycles. The van der Waals surface area contributed by atoms with Crippen LogP contribution in [0.25, 0.3) is 0 Å².